The molecule has 1 saturated carbocycles. The van der Waals surface area contributed by atoms with E-state index in [-0.39, 0.29) is 5.38 Å². The number of benzene rings is 1. The van der Waals surface area contributed by atoms with Crippen LogP contribution < -0.4 is 0 Å². The van der Waals surface area contributed by atoms with Crippen molar-refractivity contribution in [2.24, 2.45) is 11.3 Å². The van der Waals surface area contributed by atoms with E-state index in [9.17, 15) is 0 Å². The van der Waals surface area contributed by atoms with E-state index in [1.54, 1.807) is 0 Å². The summed E-state index contributed by atoms with van der Waals surface area (Å²) in [6.07, 6.45) is 2.65. The van der Waals surface area contributed by atoms with Crippen LogP contribution in [-0.2, 0) is 6.54 Å². The van der Waals surface area contributed by atoms with E-state index in [2.05, 4.69) is 43.5 Å². The topological polar surface area (TPSA) is 17.8 Å². The van der Waals surface area contributed by atoms with Gasteiger partial charge in [-0.25, -0.2) is 4.98 Å². The average Bonchev–Trinajstić information content (AvgIpc) is 3.07. The predicted octanol–water partition coefficient (Wildman–Crippen LogP) is 5.08. The first-order chi connectivity index (χ1) is 9.44. The Balaban J connectivity index is 2.13. The Morgan fingerprint density at radius 1 is 1.30 bits per heavy atom. The fourth-order valence-corrected chi connectivity index (χ4v) is 3.33. The van der Waals surface area contributed by atoms with Gasteiger partial charge in [-0.3, -0.25) is 0 Å². The van der Waals surface area contributed by atoms with Gasteiger partial charge >= 0.3 is 0 Å². The van der Waals surface area contributed by atoms with Gasteiger partial charge in [0, 0.05) is 6.54 Å². The Labute approximate surface area is 126 Å². The maximum absolute atomic E-state index is 6.38. The number of fused-ring (bicyclic) bond motifs is 1. The van der Waals surface area contributed by atoms with Gasteiger partial charge in [0.05, 0.1) is 16.4 Å². The molecule has 2 nitrogen and oxygen atoms in total. The molecule has 1 atom stereocenters. The zero-order valence-electron chi connectivity index (χ0n) is 12.8. The third-order valence-electron chi connectivity index (χ3n) is 4.96. The number of imidazole rings is 1. The highest BCUT2D eigenvalue weighted by Gasteiger charge is 2.46. The van der Waals surface area contributed by atoms with E-state index in [4.69, 9.17) is 16.6 Å². The Bertz CT molecular complexity index is 636. The Kier molecular flexibility index (Phi) is 3.32. The van der Waals surface area contributed by atoms with Crippen LogP contribution in [0.3, 0.4) is 0 Å². The molecule has 0 spiro atoms. The van der Waals surface area contributed by atoms with Gasteiger partial charge in [0.15, 0.2) is 0 Å². The van der Waals surface area contributed by atoms with E-state index in [1.807, 2.05) is 6.92 Å². The van der Waals surface area contributed by atoms with E-state index in [1.165, 1.54) is 23.9 Å². The van der Waals surface area contributed by atoms with Crippen molar-refractivity contribution in [1.82, 2.24) is 9.55 Å². The minimum Gasteiger partial charge on any atom is -0.326 e. The smallest absolute Gasteiger partial charge is 0.127 e. The minimum atomic E-state index is -0.0511. The van der Waals surface area contributed by atoms with Crippen LogP contribution >= 0.6 is 11.6 Å². The number of alkyl halides is 1. The average molecular weight is 291 g/mol. The van der Waals surface area contributed by atoms with Crippen molar-refractivity contribution in [2.75, 3.05) is 0 Å². The molecule has 1 aliphatic rings. The van der Waals surface area contributed by atoms with Crippen LogP contribution in [0.1, 0.15) is 50.4 Å². The Morgan fingerprint density at radius 2 is 2.00 bits per heavy atom. The molecule has 1 heterocycles. The lowest BCUT2D eigenvalue weighted by atomic mass is 9.92. The van der Waals surface area contributed by atoms with Gasteiger partial charge in [0.1, 0.15) is 5.82 Å². The molecule has 2 aromatic rings. The highest BCUT2D eigenvalue weighted by molar-refractivity contribution is 6.20. The largest absolute Gasteiger partial charge is 0.326 e. The van der Waals surface area contributed by atoms with E-state index in [0.717, 1.165) is 17.9 Å². The summed E-state index contributed by atoms with van der Waals surface area (Å²) < 4.78 is 2.37. The number of rotatable bonds is 4. The lowest BCUT2D eigenvalue weighted by Crippen LogP contribution is -2.19. The molecule has 1 unspecified atom stereocenters. The summed E-state index contributed by atoms with van der Waals surface area (Å²) >= 11 is 6.38. The summed E-state index contributed by atoms with van der Waals surface area (Å²) in [6, 6.07) is 6.42. The molecular formula is C17H23ClN2. The Morgan fingerprint density at radius 3 is 2.55 bits per heavy atom. The highest BCUT2D eigenvalue weighted by atomic mass is 35.5. The predicted molar refractivity (Wildman–Crippen MR) is 85.2 cm³/mol. The number of hydrogen-bond donors (Lipinski definition) is 0. The fourth-order valence-electron chi connectivity index (χ4n) is 3.17. The number of nitrogens with zero attached hydrogens (tertiary/aromatic N) is 2. The van der Waals surface area contributed by atoms with Crippen molar-refractivity contribution in [3.05, 3.63) is 29.6 Å². The zero-order valence-corrected chi connectivity index (χ0v) is 13.5. The molecule has 0 bridgehead atoms. The van der Waals surface area contributed by atoms with Crippen molar-refractivity contribution in [2.45, 2.75) is 52.5 Å². The van der Waals surface area contributed by atoms with Crippen LogP contribution in [0, 0.1) is 18.3 Å². The first-order valence-electron chi connectivity index (χ1n) is 7.54. The number of hydrogen-bond acceptors (Lipinski definition) is 1. The summed E-state index contributed by atoms with van der Waals surface area (Å²) in [5.41, 5.74) is 4.03. The molecule has 0 N–H and O–H groups in total. The molecule has 1 aromatic carbocycles. The summed E-state index contributed by atoms with van der Waals surface area (Å²) in [4.78, 5) is 4.81. The van der Waals surface area contributed by atoms with Crippen LogP contribution in [-0.4, -0.2) is 9.55 Å². The summed E-state index contributed by atoms with van der Waals surface area (Å²) in [5, 5.41) is -0.0511. The molecule has 3 heteroatoms. The van der Waals surface area contributed by atoms with Crippen LogP contribution in [0.5, 0.6) is 0 Å². The van der Waals surface area contributed by atoms with E-state index in [0.29, 0.717) is 11.3 Å². The second kappa shape index (κ2) is 4.77. The zero-order chi connectivity index (χ0) is 14.5. The van der Waals surface area contributed by atoms with Crippen LogP contribution in [0.25, 0.3) is 11.0 Å². The third-order valence-corrected chi connectivity index (χ3v) is 5.15. The molecule has 0 aliphatic heterocycles. The molecule has 0 amide bonds. The summed E-state index contributed by atoms with van der Waals surface area (Å²) in [7, 11) is 0. The number of aromatic nitrogens is 2. The summed E-state index contributed by atoms with van der Waals surface area (Å²) in [6.45, 7) is 9.86. The second-order valence-electron chi connectivity index (χ2n) is 6.63. The molecule has 3 rings (SSSR count). The molecule has 0 saturated heterocycles. The van der Waals surface area contributed by atoms with Crippen molar-refractivity contribution in [3.63, 3.8) is 0 Å². The van der Waals surface area contributed by atoms with Crippen molar-refractivity contribution >= 4 is 22.6 Å². The van der Waals surface area contributed by atoms with E-state index >= 15 is 0 Å². The van der Waals surface area contributed by atoms with Crippen molar-refractivity contribution in [1.29, 1.82) is 0 Å². The molecular weight excluding hydrogens is 268 g/mol. The second-order valence-corrected chi connectivity index (χ2v) is 7.29. The van der Waals surface area contributed by atoms with Crippen LogP contribution in [0.15, 0.2) is 18.2 Å². The fraction of sp³-hybridized carbons (Fsp3) is 0.588. The standard InChI is InChI=1S/C17H23ClN2/c1-11(2)17(8-9-17)10-20-14-7-5-6-12(3)15(14)19-16(20)13(4)18/h5-7,11,13H,8-10H2,1-4H3. The SMILES string of the molecule is Cc1cccc2c1nc(C(C)Cl)n2CC1(C(C)C)CC1. The van der Waals surface area contributed by atoms with E-state index < -0.39 is 0 Å². The van der Waals surface area contributed by atoms with Gasteiger partial charge in [-0.1, -0.05) is 26.0 Å². The normalized spacial score (nSPS) is 18.7. The summed E-state index contributed by atoms with van der Waals surface area (Å²) in [5.74, 6) is 1.73. The Hall–Kier alpha value is -1.02. The molecule has 20 heavy (non-hydrogen) atoms. The van der Waals surface area contributed by atoms with Crippen LogP contribution in [0.4, 0.5) is 0 Å². The molecule has 1 aromatic heterocycles. The van der Waals surface area contributed by atoms with Gasteiger partial charge in [-0.2, -0.15) is 0 Å². The molecule has 108 valence electrons. The molecule has 1 aliphatic carbocycles. The maximum atomic E-state index is 6.38. The highest BCUT2D eigenvalue weighted by Crippen LogP contribution is 2.53. The van der Waals surface area contributed by atoms with Gasteiger partial charge in [0.2, 0.25) is 0 Å². The van der Waals surface area contributed by atoms with Gasteiger partial charge in [-0.15, -0.1) is 11.6 Å². The molecule has 0 radical (unpaired) electrons. The lowest BCUT2D eigenvalue weighted by molar-refractivity contribution is 0.308. The number of para-hydroxylation sites is 1. The lowest BCUT2D eigenvalue weighted by Gasteiger charge is -2.22. The van der Waals surface area contributed by atoms with Crippen molar-refractivity contribution in [3.8, 4) is 0 Å². The maximum Gasteiger partial charge on any atom is 0.127 e. The number of aryl methyl sites for hydroxylation is 1. The first kappa shape index (κ1) is 13.9. The van der Waals surface area contributed by atoms with Gasteiger partial charge < -0.3 is 4.57 Å². The van der Waals surface area contributed by atoms with Gasteiger partial charge in [0.25, 0.3) is 0 Å². The van der Waals surface area contributed by atoms with Gasteiger partial charge in [-0.05, 0) is 49.7 Å². The molecule has 1 fully saturated rings. The minimum absolute atomic E-state index is 0.0511. The number of halogens is 1. The monoisotopic (exact) mass is 290 g/mol. The third kappa shape index (κ3) is 2.14. The van der Waals surface area contributed by atoms with Crippen molar-refractivity contribution < 1.29 is 0 Å². The quantitative estimate of drug-likeness (QED) is 0.718. The first-order valence-corrected chi connectivity index (χ1v) is 7.98. The van der Waals surface area contributed by atoms with Crippen LogP contribution in [0.2, 0.25) is 0 Å².